The quantitative estimate of drug-likeness (QED) is 0.424. The van der Waals surface area contributed by atoms with Gasteiger partial charge in [-0.3, -0.25) is 10.8 Å². The number of amidine groups is 2. The molecule has 0 fully saturated rings. The van der Waals surface area contributed by atoms with E-state index in [-0.39, 0.29) is 11.7 Å². The van der Waals surface area contributed by atoms with Crippen molar-refractivity contribution in [2.75, 3.05) is 0 Å². The van der Waals surface area contributed by atoms with Crippen LogP contribution in [-0.4, -0.2) is 21.2 Å². The highest BCUT2D eigenvalue weighted by Crippen LogP contribution is 2.31. The number of nitrogen functional groups attached to an aromatic ring is 2. The lowest BCUT2D eigenvalue weighted by Gasteiger charge is -2.24. The Hall–Kier alpha value is -3.41. The number of rotatable bonds is 4. The number of hydrogen-bond donors (Lipinski definition) is 4. The maximum atomic E-state index is 7.51. The molecule has 27 heavy (non-hydrogen) atoms. The highest BCUT2D eigenvalue weighted by Gasteiger charge is 2.22. The lowest BCUT2D eigenvalue weighted by Crippen LogP contribution is -2.18. The van der Waals surface area contributed by atoms with Crippen LogP contribution in [0.15, 0.2) is 54.7 Å². The summed E-state index contributed by atoms with van der Waals surface area (Å²) >= 11 is 0. The number of aryl methyl sites for hydroxylation is 1. The van der Waals surface area contributed by atoms with E-state index in [0.29, 0.717) is 5.92 Å². The van der Waals surface area contributed by atoms with Crippen LogP contribution in [0.4, 0.5) is 0 Å². The van der Waals surface area contributed by atoms with Crippen molar-refractivity contribution in [2.45, 2.75) is 25.3 Å². The summed E-state index contributed by atoms with van der Waals surface area (Å²) < 4.78 is 2.24. The molecule has 6 nitrogen and oxygen atoms in total. The summed E-state index contributed by atoms with van der Waals surface area (Å²) in [4.78, 5) is 4.79. The molecule has 0 aliphatic carbocycles. The fourth-order valence-electron chi connectivity index (χ4n) is 3.61. The van der Waals surface area contributed by atoms with Crippen LogP contribution < -0.4 is 11.5 Å². The van der Waals surface area contributed by atoms with Gasteiger partial charge in [0.2, 0.25) is 0 Å². The van der Waals surface area contributed by atoms with Crippen molar-refractivity contribution in [2.24, 2.45) is 11.5 Å². The van der Waals surface area contributed by atoms with Crippen molar-refractivity contribution >= 4 is 11.7 Å². The fourth-order valence-corrected chi connectivity index (χ4v) is 3.61. The molecular formula is C21H22N6. The number of benzene rings is 2. The Bertz CT molecular complexity index is 998. The molecule has 0 spiro atoms. The molecule has 1 atom stereocenters. The summed E-state index contributed by atoms with van der Waals surface area (Å²) in [6, 6.07) is 15.6. The molecule has 136 valence electrons. The predicted molar refractivity (Wildman–Crippen MR) is 107 cm³/mol. The standard InChI is InChI=1S/C21H22N6/c22-20(23)15-5-1-13(2-6-15)17-9-10-19-26-18(12-27(19)11-17)14-3-7-16(8-4-14)21(24)25/h1-8,12,17H,9-11H2,(H3,22,23)(H3,24,25). The van der Waals surface area contributed by atoms with Crippen LogP contribution >= 0.6 is 0 Å². The topological polar surface area (TPSA) is 118 Å². The highest BCUT2D eigenvalue weighted by molar-refractivity contribution is 5.95. The summed E-state index contributed by atoms with van der Waals surface area (Å²) in [6.45, 7) is 0.896. The largest absolute Gasteiger partial charge is 0.384 e. The molecule has 2 heterocycles. The third-order valence-corrected chi connectivity index (χ3v) is 5.18. The van der Waals surface area contributed by atoms with E-state index < -0.39 is 0 Å². The van der Waals surface area contributed by atoms with Gasteiger partial charge in [0, 0.05) is 41.8 Å². The van der Waals surface area contributed by atoms with E-state index in [4.69, 9.17) is 27.3 Å². The van der Waals surface area contributed by atoms with E-state index in [1.54, 1.807) is 0 Å². The summed E-state index contributed by atoms with van der Waals surface area (Å²) in [6.07, 6.45) is 4.10. The number of fused-ring (bicyclic) bond motifs is 1. The Labute approximate surface area is 157 Å². The molecule has 3 aromatic rings. The van der Waals surface area contributed by atoms with Crippen LogP contribution in [0.1, 0.15) is 34.9 Å². The van der Waals surface area contributed by atoms with Gasteiger partial charge in [-0.05, 0) is 12.0 Å². The summed E-state index contributed by atoms with van der Waals surface area (Å²) in [5, 5.41) is 15.0. The molecule has 0 amide bonds. The van der Waals surface area contributed by atoms with E-state index in [9.17, 15) is 0 Å². The molecule has 0 radical (unpaired) electrons. The molecule has 0 saturated carbocycles. The number of aromatic nitrogens is 2. The number of imidazole rings is 1. The first-order valence-corrected chi connectivity index (χ1v) is 8.96. The maximum Gasteiger partial charge on any atom is 0.122 e. The molecule has 6 heteroatoms. The van der Waals surface area contributed by atoms with E-state index in [1.807, 2.05) is 36.4 Å². The first kappa shape index (κ1) is 17.0. The molecule has 1 aromatic heterocycles. The molecule has 1 aliphatic rings. The van der Waals surface area contributed by atoms with Gasteiger partial charge in [-0.1, -0.05) is 48.5 Å². The van der Waals surface area contributed by atoms with Gasteiger partial charge in [0.05, 0.1) is 5.69 Å². The number of nitrogens with zero attached hydrogens (tertiary/aromatic N) is 2. The first-order chi connectivity index (χ1) is 13.0. The number of nitrogens with one attached hydrogen (secondary N) is 2. The van der Waals surface area contributed by atoms with Crippen molar-refractivity contribution in [3.05, 3.63) is 77.2 Å². The second-order valence-electron chi connectivity index (χ2n) is 6.96. The van der Waals surface area contributed by atoms with Crippen LogP contribution in [0.5, 0.6) is 0 Å². The van der Waals surface area contributed by atoms with Gasteiger partial charge < -0.3 is 16.0 Å². The third kappa shape index (κ3) is 3.33. The van der Waals surface area contributed by atoms with Gasteiger partial charge in [0.25, 0.3) is 0 Å². The summed E-state index contributed by atoms with van der Waals surface area (Å²) in [5.41, 5.74) is 15.8. The number of hydrogen-bond acceptors (Lipinski definition) is 3. The third-order valence-electron chi connectivity index (χ3n) is 5.18. The van der Waals surface area contributed by atoms with E-state index in [1.165, 1.54) is 5.56 Å². The minimum Gasteiger partial charge on any atom is -0.384 e. The highest BCUT2D eigenvalue weighted by atomic mass is 15.1. The van der Waals surface area contributed by atoms with Crippen molar-refractivity contribution in [1.82, 2.24) is 9.55 Å². The SMILES string of the molecule is N=C(N)c1ccc(-c2cn3c(n2)CCC(c2ccc(C(=N)N)cc2)C3)cc1. The van der Waals surface area contributed by atoms with Crippen molar-refractivity contribution < 1.29 is 0 Å². The second kappa shape index (κ2) is 6.72. The normalized spacial score (nSPS) is 15.9. The van der Waals surface area contributed by atoms with E-state index in [0.717, 1.165) is 47.6 Å². The predicted octanol–water partition coefficient (Wildman–Crippen LogP) is 2.85. The van der Waals surface area contributed by atoms with Crippen molar-refractivity contribution in [1.29, 1.82) is 10.8 Å². The minimum absolute atomic E-state index is 0.0734. The average molecular weight is 358 g/mol. The van der Waals surface area contributed by atoms with Gasteiger partial charge in [-0.15, -0.1) is 0 Å². The van der Waals surface area contributed by atoms with E-state index >= 15 is 0 Å². The van der Waals surface area contributed by atoms with Crippen LogP contribution in [0.25, 0.3) is 11.3 Å². The molecule has 2 aromatic carbocycles. The first-order valence-electron chi connectivity index (χ1n) is 8.96. The fraction of sp³-hybridized carbons (Fsp3) is 0.190. The molecular weight excluding hydrogens is 336 g/mol. The number of nitrogens with two attached hydrogens (primary N) is 2. The summed E-state index contributed by atoms with van der Waals surface area (Å²) in [5.74, 6) is 1.71. The van der Waals surface area contributed by atoms with Gasteiger partial charge in [0.1, 0.15) is 17.5 Å². The Balaban J connectivity index is 1.55. The van der Waals surface area contributed by atoms with Gasteiger partial charge in [-0.25, -0.2) is 4.98 Å². The molecule has 1 aliphatic heterocycles. The Morgan fingerprint density at radius 3 is 2.11 bits per heavy atom. The molecule has 6 N–H and O–H groups in total. The zero-order chi connectivity index (χ0) is 19.0. The molecule has 0 saturated heterocycles. The maximum absolute atomic E-state index is 7.51. The monoisotopic (exact) mass is 358 g/mol. The van der Waals surface area contributed by atoms with Crippen LogP contribution in [0.3, 0.4) is 0 Å². The zero-order valence-electron chi connectivity index (χ0n) is 14.9. The Morgan fingerprint density at radius 2 is 1.52 bits per heavy atom. The minimum atomic E-state index is 0.0734. The molecule has 1 unspecified atom stereocenters. The van der Waals surface area contributed by atoms with Crippen LogP contribution in [0.2, 0.25) is 0 Å². The zero-order valence-corrected chi connectivity index (χ0v) is 14.9. The summed E-state index contributed by atoms with van der Waals surface area (Å²) in [7, 11) is 0. The van der Waals surface area contributed by atoms with E-state index in [2.05, 4.69) is 22.9 Å². The van der Waals surface area contributed by atoms with Gasteiger partial charge in [0.15, 0.2) is 0 Å². The van der Waals surface area contributed by atoms with Gasteiger partial charge >= 0.3 is 0 Å². The van der Waals surface area contributed by atoms with Crippen molar-refractivity contribution in [3.63, 3.8) is 0 Å². The smallest absolute Gasteiger partial charge is 0.122 e. The van der Waals surface area contributed by atoms with Crippen molar-refractivity contribution in [3.8, 4) is 11.3 Å². The van der Waals surface area contributed by atoms with Crippen LogP contribution in [-0.2, 0) is 13.0 Å². The average Bonchev–Trinajstić information content (AvgIpc) is 3.11. The Kier molecular flexibility index (Phi) is 4.24. The lowest BCUT2D eigenvalue weighted by atomic mass is 9.91. The molecule has 4 rings (SSSR count). The molecule has 0 bridgehead atoms. The second-order valence-corrected chi connectivity index (χ2v) is 6.96. The van der Waals surface area contributed by atoms with Crippen LogP contribution in [0, 0.1) is 10.8 Å². The lowest BCUT2D eigenvalue weighted by molar-refractivity contribution is 0.456. The van der Waals surface area contributed by atoms with Gasteiger partial charge in [-0.2, -0.15) is 0 Å². The Morgan fingerprint density at radius 1 is 0.926 bits per heavy atom.